The molecule has 2 aromatic rings. The smallest absolute Gasteiger partial charge is 0.0614 e. The van der Waals surface area contributed by atoms with Crippen LogP contribution in [0.4, 0.5) is 0 Å². The minimum atomic E-state index is 1.19. The van der Waals surface area contributed by atoms with Gasteiger partial charge in [0.05, 0.1) is 18.2 Å². The van der Waals surface area contributed by atoms with E-state index in [0.717, 1.165) is 0 Å². The molecule has 0 saturated carbocycles. The van der Waals surface area contributed by atoms with Gasteiger partial charge < -0.3 is 0 Å². The van der Waals surface area contributed by atoms with E-state index < -0.39 is 0 Å². The first-order valence-electron chi connectivity index (χ1n) is 4.32. The topological polar surface area (TPSA) is 0 Å². The molecule has 0 nitrogen and oxygen atoms in total. The van der Waals surface area contributed by atoms with Crippen LogP contribution < -0.4 is 0 Å². The van der Waals surface area contributed by atoms with E-state index in [9.17, 15) is 0 Å². The van der Waals surface area contributed by atoms with Gasteiger partial charge in [0.15, 0.2) is 0 Å². The molecular formula is C10H8Br2S4. The van der Waals surface area contributed by atoms with Gasteiger partial charge in [0, 0.05) is 8.95 Å². The molecule has 0 aliphatic carbocycles. The summed E-state index contributed by atoms with van der Waals surface area (Å²) < 4.78 is 5.06. The van der Waals surface area contributed by atoms with Crippen molar-refractivity contribution in [2.24, 2.45) is 0 Å². The summed E-state index contributed by atoms with van der Waals surface area (Å²) in [6.45, 7) is 0. The van der Waals surface area contributed by atoms with Crippen molar-refractivity contribution < 1.29 is 0 Å². The van der Waals surface area contributed by atoms with E-state index in [-0.39, 0.29) is 0 Å². The Kier molecular flexibility index (Phi) is 4.89. The quantitative estimate of drug-likeness (QED) is 0.528. The van der Waals surface area contributed by atoms with Gasteiger partial charge in [0.1, 0.15) is 0 Å². The summed E-state index contributed by atoms with van der Waals surface area (Å²) in [5, 5.41) is 0. The van der Waals surface area contributed by atoms with Crippen LogP contribution in [0.5, 0.6) is 0 Å². The molecule has 0 aliphatic heterocycles. The van der Waals surface area contributed by atoms with Crippen molar-refractivity contribution in [2.45, 2.75) is 8.42 Å². The van der Waals surface area contributed by atoms with Gasteiger partial charge in [-0.2, -0.15) is 0 Å². The highest BCUT2D eigenvalue weighted by atomic mass is 79.9. The molecule has 6 heteroatoms. The molecule has 0 aromatic carbocycles. The zero-order valence-corrected chi connectivity index (χ0v) is 15.0. The third kappa shape index (κ3) is 2.72. The van der Waals surface area contributed by atoms with Crippen LogP contribution >= 0.6 is 78.1 Å². The Bertz CT molecular complexity index is 455. The Hall–Kier alpha value is 1.06. The third-order valence-corrected chi connectivity index (χ3v) is 8.28. The molecule has 0 saturated heterocycles. The van der Waals surface area contributed by atoms with Crippen molar-refractivity contribution in [1.82, 2.24) is 0 Å². The standard InChI is InChI=1S/C10H8Br2S4/c1-13-7-3-5(11)9(15-7)10-6(12)4-8(14-2)16-10/h3-4H,1-2H3. The van der Waals surface area contributed by atoms with Gasteiger partial charge in [0.2, 0.25) is 0 Å². The van der Waals surface area contributed by atoms with Crippen LogP contribution in [-0.2, 0) is 0 Å². The van der Waals surface area contributed by atoms with Crippen LogP contribution in [0.3, 0.4) is 0 Å². The number of halogens is 2. The fraction of sp³-hybridized carbons (Fsp3) is 0.200. The summed E-state index contributed by atoms with van der Waals surface area (Å²) in [7, 11) is 0. The Morgan fingerprint density at radius 2 is 1.25 bits per heavy atom. The molecular weight excluding hydrogens is 408 g/mol. The normalized spacial score (nSPS) is 11.0. The van der Waals surface area contributed by atoms with Crippen LogP contribution in [-0.4, -0.2) is 12.5 Å². The maximum absolute atomic E-state index is 3.64. The molecule has 0 N–H and O–H groups in total. The molecule has 0 amide bonds. The molecule has 0 radical (unpaired) electrons. The van der Waals surface area contributed by atoms with Crippen molar-refractivity contribution in [3.05, 3.63) is 21.1 Å². The lowest BCUT2D eigenvalue weighted by Gasteiger charge is -1.94. The second-order valence-corrected chi connectivity index (χ2v) is 8.92. The van der Waals surface area contributed by atoms with Gasteiger partial charge in [-0.25, -0.2) is 0 Å². The second-order valence-electron chi connectivity index (χ2n) is 2.89. The molecule has 0 spiro atoms. The highest BCUT2D eigenvalue weighted by Crippen LogP contribution is 2.47. The Morgan fingerprint density at radius 1 is 0.875 bits per heavy atom. The number of hydrogen-bond donors (Lipinski definition) is 0. The fourth-order valence-corrected chi connectivity index (χ4v) is 6.78. The minimum Gasteiger partial charge on any atom is -0.127 e. The predicted molar refractivity (Wildman–Crippen MR) is 86.6 cm³/mol. The van der Waals surface area contributed by atoms with E-state index in [1.807, 2.05) is 22.7 Å². The maximum Gasteiger partial charge on any atom is 0.0614 e. The largest absolute Gasteiger partial charge is 0.127 e. The molecule has 0 bridgehead atoms. The molecule has 0 aliphatic rings. The first-order chi connectivity index (χ1) is 7.65. The molecule has 16 heavy (non-hydrogen) atoms. The lowest BCUT2D eigenvalue weighted by atomic mass is 10.4. The van der Waals surface area contributed by atoms with Crippen LogP contribution in [0, 0.1) is 0 Å². The van der Waals surface area contributed by atoms with E-state index in [1.54, 1.807) is 23.5 Å². The molecule has 0 atom stereocenters. The number of thiophene rings is 2. The second kappa shape index (κ2) is 5.80. The summed E-state index contributed by atoms with van der Waals surface area (Å²) in [6.07, 6.45) is 4.22. The van der Waals surface area contributed by atoms with Crippen LogP contribution in [0.1, 0.15) is 0 Å². The van der Waals surface area contributed by atoms with E-state index in [4.69, 9.17) is 0 Å². The average molecular weight is 416 g/mol. The summed E-state index contributed by atoms with van der Waals surface area (Å²) in [5.41, 5.74) is 0. The van der Waals surface area contributed by atoms with Crippen LogP contribution in [0.25, 0.3) is 9.75 Å². The number of thioether (sulfide) groups is 2. The van der Waals surface area contributed by atoms with E-state index in [0.29, 0.717) is 0 Å². The van der Waals surface area contributed by atoms with Gasteiger partial charge in [-0.1, -0.05) is 0 Å². The first-order valence-corrected chi connectivity index (χ1v) is 9.99. The number of hydrogen-bond acceptors (Lipinski definition) is 4. The maximum atomic E-state index is 3.64. The van der Waals surface area contributed by atoms with E-state index in [2.05, 4.69) is 56.5 Å². The summed E-state index contributed by atoms with van der Waals surface area (Å²) in [4.78, 5) is 2.64. The predicted octanol–water partition coefficient (Wildman–Crippen LogP) is 6.45. The average Bonchev–Trinajstić information content (AvgIpc) is 2.81. The Labute approximate surface area is 128 Å². The Balaban J connectivity index is 2.48. The van der Waals surface area contributed by atoms with Gasteiger partial charge >= 0.3 is 0 Å². The van der Waals surface area contributed by atoms with Crippen molar-refractivity contribution in [2.75, 3.05) is 12.5 Å². The zero-order valence-electron chi connectivity index (χ0n) is 8.54. The van der Waals surface area contributed by atoms with Crippen LogP contribution in [0.15, 0.2) is 29.5 Å². The lowest BCUT2D eigenvalue weighted by Crippen LogP contribution is -1.64. The summed E-state index contributed by atoms with van der Waals surface area (Å²) in [6, 6.07) is 4.38. The van der Waals surface area contributed by atoms with Gasteiger partial charge in [-0.15, -0.1) is 46.2 Å². The van der Waals surface area contributed by atoms with Gasteiger partial charge in [0.25, 0.3) is 0 Å². The van der Waals surface area contributed by atoms with E-state index in [1.165, 1.54) is 27.1 Å². The first kappa shape index (κ1) is 13.5. The minimum absolute atomic E-state index is 1.19. The zero-order chi connectivity index (χ0) is 11.7. The SMILES string of the molecule is CSc1cc(Br)c(-c2sc(SC)cc2Br)s1. The third-order valence-electron chi connectivity index (χ3n) is 1.94. The highest BCUT2D eigenvalue weighted by Gasteiger charge is 2.15. The van der Waals surface area contributed by atoms with E-state index >= 15 is 0 Å². The highest BCUT2D eigenvalue weighted by molar-refractivity contribution is 9.11. The monoisotopic (exact) mass is 414 g/mol. The van der Waals surface area contributed by atoms with Crippen molar-refractivity contribution in [1.29, 1.82) is 0 Å². The molecule has 0 unspecified atom stereocenters. The Morgan fingerprint density at radius 3 is 1.50 bits per heavy atom. The molecule has 2 heterocycles. The summed E-state index contributed by atoms with van der Waals surface area (Å²) in [5.74, 6) is 0. The number of rotatable bonds is 3. The van der Waals surface area contributed by atoms with Crippen molar-refractivity contribution in [3.63, 3.8) is 0 Å². The lowest BCUT2D eigenvalue weighted by molar-refractivity contribution is 1.68. The summed E-state index contributed by atoms with van der Waals surface area (Å²) >= 11 is 14.5. The molecule has 2 aromatic heterocycles. The molecule has 0 fully saturated rings. The van der Waals surface area contributed by atoms with Gasteiger partial charge in [-0.3, -0.25) is 0 Å². The molecule has 2 rings (SSSR count). The molecule has 86 valence electrons. The fourth-order valence-electron chi connectivity index (χ4n) is 1.21. The van der Waals surface area contributed by atoms with Crippen molar-refractivity contribution >= 4 is 78.1 Å². The van der Waals surface area contributed by atoms with Gasteiger partial charge in [-0.05, 0) is 56.5 Å². The van der Waals surface area contributed by atoms with Crippen molar-refractivity contribution in [3.8, 4) is 9.75 Å². The van der Waals surface area contributed by atoms with Crippen LogP contribution in [0.2, 0.25) is 0 Å².